The number of benzene rings is 1. The van der Waals surface area contributed by atoms with Crippen LogP contribution in [0.2, 0.25) is 0 Å². The molecule has 3 rings (SSSR count). The monoisotopic (exact) mass is 316 g/mol. The Morgan fingerprint density at radius 3 is 2.57 bits per heavy atom. The van der Waals surface area contributed by atoms with Crippen LogP contribution < -0.4 is 15.0 Å². The van der Waals surface area contributed by atoms with Crippen molar-refractivity contribution < 1.29 is 9.47 Å². The quantitative estimate of drug-likeness (QED) is 0.939. The van der Waals surface area contributed by atoms with Gasteiger partial charge < -0.3 is 14.5 Å². The largest absolute Gasteiger partial charge is 0.493 e. The van der Waals surface area contributed by atoms with E-state index in [1.807, 2.05) is 0 Å². The first-order valence-electron chi connectivity index (χ1n) is 8.09. The third kappa shape index (κ3) is 3.05. The van der Waals surface area contributed by atoms with Gasteiger partial charge in [-0.1, -0.05) is 20.3 Å². The zero-order valence-corrected chi connectivity index (χ0v) is 14.2. The summed E-state index contributed by atoms with van der Waals surface area (Å²) in [5, 5.41) is 0.529. The van der Waals surface area contributed by atoms with E-state index in [1.165, 1.54) is 12.8 Å². The molecule has 1 N–H and O–H groups in total. The highest BCUT2D eigenvalue weighted by molar-refractivity contribution is 5.81. The summed E-state index contributed by atoms with van der Waals surface area (Å²) >= 11 is 0. The summed E-state index contributed by atoms with van der Waals surface area (Å²) in [5.74, 6) is 2.23. The summed E-state index contributed by atoms with van der Waals surface area (Å²) in [4.78, 5) is 20.2. The molecule has 0 aliphatic heterocycles. The molecule has 0 amide bonds. The van der Waals surface area contributed by atoms with Gasteiger partial charge in [-0.25, -0.2) is 4.98 Å². The number of nitrogens with zero attached hydrogens (tertiary/aromatic N) is 1. The lowest BCUT2D eigenvalue weighted by atomic mass is 9.72. The maximum Gasteiger partial charge on any atom is 0.258 e. The van der Waals surface area contributed by atoms with Gasteiger partial charge in [0.15, 0.2) is 11.5 Å². The first-order valence-corrected chi connectivity index (χ1v) is 8.09. The molecule has 5 heteroatoms. The van der Waals surface area contributed by atoms with E-state index >= 15 is 0 Å². The van der Waals surface area contributed by atoms with E-state index in [2.05, 4.69) is 18.8 Å². The number of nitrogens with one attached hydrogen (secondary N) is 1. The van der Waals surface area contributed by atoms with Crippen LogP contribution in [0.4, 0.5) is 0 Å². The molecule has 5 nitrogen and oxygen atoms in total. The van der Waals surface area contributed by atoms with Crippen LogP contribution >= 0.6 is 0 Å². The second-order valence-electron chi connectivity index (χ2n) is 7.13. The van der Waals surface area contributed by atoms with Crippen LogP contribution in [0.1, 0.15) is 51.3 Å². The molecule has 23 heavy (non-hydrogen) atoms. The Balaban J connectivity index is 2.08. The molecular formula is C18H24N2O3. The number of hydrogen-bond donors (Lipinski definition) is 1. The van der Waals surface area contributed by atoms with Gasteiger partial charge in [-0.3, -0.25) is 4.79 Å². The van der Waals surface area contributed by atoms with Gasteiger partial charge in [-0.05, 0) is 30.7 Å². The summed E-state index contributed by atoms with van der Waals surface area (Å²) in [6.07, 6.45) is 4.53. The summed E-state index contributed by atoms with van der Waals surface area (Å²) in [6.45, 7) is 4.57. The Morgan fingerprint density at radius 1 is 1.22 bits per heavy atom. The SMILES string of the molecule is COc1cc2nc(C3CCCC(C)(C)C3)[nH]c(=O)c2cc1OC. The van der Waals surface area contributed by atoms with E-state index in [0.29, 0.717) is 33.7 Å². The second kappa shape index (κ2) is 5.87. The molecule has 1 unspecified atom stereocenters. The van der Waals surface area contributed by atoms with Crippen molar-refractivity contribution >= 4 is 10.9 Å². The van der Waals surface area contributed by atoms with Crippen LogP contribution in [0.25, 0.3) is 10.9 Å². The van der Waals surface area contributed by atoms with Gasteiger partial charge in [-0.2, -0.15) is 0 Å². The minimum atomic E-state index is -0.116. The Labute approximate surface area is 136 Å². The van der Waals surface area contributed by atoms with Crippen LogP contribution in [0.3, 0.4) is 0 Å². The van der Waals surface area contributed by atoms with Gasteiger partial charge >= 0.3 is 0 Å². The highest BCUT2D eigenvalue weighted by Gasteiger charge is 2.30. The number of aromatic amines is 1. The minimum Gasteiger partial charge on any atom is -0.493 e. The van der Waals surface area contributed by atoms with Crippen molar-refractivity contribution in [1.82, 2.24) is 9.97 Å². The number of methoxy groups -OCH3 is 2. The van der Waals surface area contributed by atoms with Gasteiger partial charge in [0.1, 0.15) is 5.82 Å². The van der Waals surface area contributed by atoms with Gasteiger partial charge in [0.2, 0.25) is 0 Å². The average Bonchev–Trinajstić information content (AvgIpc) is 2.52. The Hall–Kier alpha value is -2.04. The van der Waals surface area contributed by atoms with Crippen molar-refractivity contribution in [2.24, 2.45) is 5.41 Å². The van der Waals surface area contributed by atoms with E-state index in [9.17, 15) is 4.79 Å². The molecule has 1 aliphatic carbocycles. The predicted octanol–water partition coefficient (Wildman–Crippen LogP) is 3.62. The maximum absolute atomic E-state index is 12.5. The van der Waals surface area contributed by atoms with Gasteiger partial charge in [0.25, 0.3) is 5.56 Å². The molecule has 0 radical (unpaired) electrons. The van der Waals surface area contributed by atoms with Crippen LogP contribution in [0.15, 0.2) is 16.9 Å². The van der Waals surface area contributed by atoms with E-state index in [1.54, 1.807) is 26.4 Å². The zero-order chi connectivity index (χ0) is 16.6. The van der Waals surface area contributed by atoms with Crippen molar-refractivity contribution in [3.05, 3.63) is 28.3 Å². The standard InChI is InChI=1S/C18H24N2O3/c1-18(2)7-5-6-11(10-18)16-19-13-9-15(23-4)14(22-3)8-12(13)17(21)20-16/h8-9,11H,5-7,10H2,1-4H3,(H,19,20,21). The Bertz CT molecular complexity index is 780. The fourth-order valence-electron chi connectivity index (χ4n) is 3.61. The molecule has 1 atom stereocenters. The van der Waals surface area contributed by atoms with Crippen LogP contribution in [0, 0.1) is 5.41 Å². The maximum atomic E-state index is 12.5. The molecule has 1 aromatic heterocycles. The number of aromatic nitrogens is 2. The topological polar surface area (TPSA) is 64.2 Å². The minimum absolute atomic E-state index is 0.116. The van der Waals surface area contributed by atoms with E-state index in [0.717, 1.165) is 18.7 Å². The second-order valence-corrected chi connectivity index (χ2v) is 7.13. The molecular weight excluding hydrogens is 292 g/mol. The van der Waals surface area contributed by atoms with E-state index < -0.39 is 0 Å². The van der Waals surface area contributed by atoms with Gasteiger partial charge in [-0.15, -0.1) is 0 Å². The molecule has 1 saturated carbocycles. The molecule has 1 fully saturated rings. The third-order valence-electron chi connectivity index (χ3n) is 4.82. The molecule has 1 heterocycles. The summed E-state index contributed by atoms with van der Waals surface area (Å²) in [5.41, 5.74) is 0.840. The number of H-pyrrole nitrogens is 1. The number of ether oxygens (including phenoxy) is 2. The number of rotatable bonds is 3. The molecule has 0 bridgehead atoms. The van der Waals surface area contributed by atoms with Crippen molar-refractivity contribution in [2.45, 2.75) is 45.4 Å². The lowest BCUT2D eigenvalue weighted by Crippen LogP contribution is -2.24. The smallest absolute Gasteiger partial charge is 0.258 e. The van der Waals surface area contributed by atoms with Crippen molar-refractivity contribution in [3.8, 4) is 11.5 Å². The summed E-state index contributed by atoms with van der Waals surface area (Å²) < 4.78 is 10.6. The molecule has 0 spiro atoms. The fraction of sp³-hybridized carbons (Fsp3) is 0.556. The Kier molecular flexibility index (Phi) is 4.04. The molecule has 1 aromatic carbocycles. The number of hydrogen-bond acceptors (Lipinski definition) is 4. The van der Waals surface area contributed by atoms with E-state index in [-0.39, 0.29) is 5.56 Å². The summed E-state index contributed by atoms with van der Waals surface area (Å²) in [6, 6.07) is 3.47. The molecule has 1 aliphatic rings. The lowest BCUT2D eigenvalue weighted by molar-refractivity contribution is 0.215. The third-order valence-corrected chi connectivity index (χ3v) is 4.82. The summed E-state index contributed by atoms with van der Waals surface area (Å²) in [7, 11) is 3.14. The van der Waals surface area contributed by atoms with Crippen molar-refractivity contribution in [1.29, 1.82) is 0 Å². The molecule has 0 saturated heterocycles. The highest BCUT2D eigenvalue weighted by Crippen LogP contribution is 2.42. The normalized spacial score (nSPS) is 20.4. The van der Waals surface area contributed by atoms with Gasteiger partial charge in [0.05, 0.1) is 25.1 Å². The molecule has 2 aromatic rings. The van der Waals surface area contributed by atoms with E-state index in [4.69, 9.17) is 14.5 Å². The highest BCUT2D eigenvalue weighted by atomic mass is 16.5. The Morgan fingerprint density at radius 2 is 1.91 bits per heavy atom. The van der Waals surface area contributed by atoms with Crippen molar-refractivity contribution in [2.75, 3.05) is 14.2 Å². The first-order chi connectivity index (χ1) is 10.9. The van der Waals surface area contributed by atoms with Crippen LogP contribution in [-0.2, 0) is 0 Å². The predicted molar refractivity (Wildman–Crippen MR) is 90.5 cm³/mol. The average molecular weight is 316 g/mol. The van der Waals surface area contributed by atoms with Gasteiger partial charge in [0, 0.05) is 12.0 Å². The van der Waals surface area contributed by atoms with Crippen LogP contribution in [-0.4, -0.2) is 24.2 Å². The van der Waals surface area contributed by atoms with Crippen LogP contribution in [0.5, 0.6) is 11.5 Å². The fourth-order valence-corrected chi connectivity index (χ4v) is 3.61. The lowest BCUT2D eigenvalue weighted by Gasteiger charge is -2.34. The molecule has 124 valence electrons. The van der Waals surface area contributed by atoms with Crippen molar-refractivity contribution in [3.63, 3.8) is 0 Å². The first kappa shape index (κ1) is 15.8. The zero-order valence-electron chi connectivity index (χ0n) is 14.2. The number of fused-ring (bicyclic) bond motifs is 1.